The van der Waals surface area contributed by atoms with Gasteiger partial charge in [-0.15, -0.1) is 0 Å². The van der Waals surface area contributed by atoms with Gasteiger partial charge in [0, 0.05) is 24.0 Å². The van der Waals surface area contributed by atoms with Gasteiger partial charge in [0.1, 0.15) is 0 Å². The number of nitrogens with one attached hydrogen (secondary N) is 1. The first-order valence-electron chi connectivity index (χ1n) is 7.21. The SMILES string of the molecule is Cc1ccc(N(CCNC(=O)c2cccnc2)S(C)(=O)=O)cc1Cl. The average molecular weight is 368 g/mol. The number of hydrogen-bond donors (Lipinski definition) is 1. The van der Waals surface area contributed by atoms with Gasteiger partial charge >= 0.3 is 0 Å². The second kappa shape index (κ2) is 7.63. The van der Waals surface area contributed by atoms with Crippen molar-refractivity contribution in [3.05, 3.63) is 58.9 Å². The quantitative estimate of drug-likeness (QED) is 0.849. The first-order chi connectivity index (χ1) is 11.3. The van der Waals surface area contributed by atoms with Crippen LogP contribution >= 0.6 is 11.6 Å². The molecule has 8 heteroatoms. The lowest BCUT2D eigenvalue weighted by molar-refractivity contribution is 0.0954. The standard InChI is InChI=1S/C16H18ClN3O3S/c1-12-5-6-14(10-15(12)17)20(24(2,22)23)9-8-19-16(21)13-4-3-7-18-11-13/h3-7,10-11H,8-9H2,1-2H3,(H,19,21). The number of halogens is 1. The molecule has 0 saturated carbocycles. The molecule has 0 radical (unpaired) electrons. The van der Waals surface area contributed by atoms with Crippen molar-refractivity contribution in [1.29, 1.82) is 0 Å². The molecule has 1 heterocycles. The summed E-state index contributed by atoms with van der Waals surface area (Å²) in [6.45, 7) is 2.10. The van der Waals surface area contributed by atoms with E-state index in [2.05, 4.69) is 10.3 Å². The van der Waals surface area contributed by atoms with Crippen molar-refractivity contribution in [2.75, 3.05) is 23.7 Å². The van der Waals surface area contributed by atoms with Gasteiger partial charge in [-0.2, -0.15) is 0 Å². The highest BCUT2D eigenvalue weighted by molar-refractivity contribution is 7.92. The number of rotatable bonds is 6. The number of nitrogens with zero attached hydrogens (tertiary/aromatic N) is 2. The van der Waals surface area contributed by atoms with Gasteiger partial charge in [0.25, 0.3) is 5.91 Å². The summed E-state index contributed by atoms with van der Waals surface area (Å²) in [4.78, 5) is 15.8. The fraction of sp³-hybridized carbons (Fsp3) is 0.250. The number of amides is 1. The molecular formula is C16H18ClN3O3S. The van der Waals surface area contributed by atoms with E-state index >= 15 is 0 Å². The lowest BCUT2D eigenvalue weighted by atomic mass is 10.2. The Morgan fingerprint density at radius 1 is 1.33 bits per heavy atom. The second-order valence-electron chi connectivity index (χ2n) is 5.27. The van der Waals surface area contributed by atoms with Crippen LogP contribution in [0.15, 0.2) is 42.7 Å². The molecule has 2 aromatic rings. The Balaban J connectivity index is 2.08. The minimum absolute atomic E-state index is 0.101. The van der Waals surface area contributed by atoms with Crippen molar-refractivity contribution in [2.24, 2.45) is 0 Å². The van der Waals surface area contributed by atoms with Crippen LogP contribution in [0.25, 0.3) is 0 Å². The molecule has 0 atom stereocenters. The number of hydrogen-bond acceptors (Lipinski definition) is 4. The van der Waals surface area contributed by atoms with Gasteiger partial charge in [-0.1, -0.05) is 17.7 Å². The van der Waals surface area contributed by atoms with Gasteiger partial charge < -0.3 is 5.32 Å². The van der Waals surface area contributed by atoms with Crippen molar-refractivity contribution in [3.8, 4) is 0 Å². The largest absolute Gasteiger partial charge is 0.350 e. The minimum atomic E-state index is -3.50. The predicted molar refractivity (Wildman–Crippen MR) is 94.9 cm³/mol. The predicted octanol–water partition coefficient (Wildman–Crippen LogP) is 2.24. The molecule has 0 spiro atoms. The van der Waals surface area contributed by atoms with Crippen LogP contribution in [0.3, 0.4) is 0 Å². The molecule has 1 aromatic carbocycles. The van der Waals surface area contributed by atoms with E-state index in [0.29, 0.717) is 16.3 Å². The fourth-order valence-corrected chi connectivity index (χ4v) is 3.19. The molecule has 6 nitrogen and oxygen atoms in total. The maximum atomic E-state index is 12.0. The summed E-state index contributed by atoms with van der Waals surface area (Å²) in [6, 6.07) is 8.33. The van der Waals surface area contributed by atoms with Crippen LogP contribution in [0.5, 0.6) is 0 Å². The number of benzene rings is 1. The van der Waals surface area contributed by atoms with Crippen molar-refractivity contribution in [1.82, 2.24) is 10.3 Å². The Kier molecular flexibility index (Phi) is 5.80. The molecule has 2 rings (SSSR count). The molecule has 0 fully saturated rings. The zero-order chi connectivity index (χ0) is 17.7. The highest BCUT2D eigenvalue weighted by Gasteiger charge is 2.18. The molecule has 1 N–H and O–H groups in total. The van der Waals surface area contributed by atoms with Gasteiger partial charge in [0.2, 0.25) is 10.0 Å². The molecule has 1 amide bonds. The third-order valence-electron chi connectivity index (χ3n) is 3.37. The highest BCUT2D eigenvalue weighted by Crippen LogP contribution is 2.24. The topological polar surface area (TPSA) is 79.4 Å². The number of aryl methyl sites for hydroxylation is 1. The van der Waals surface area contributed by atoms with Crippen molar-refractivity contribution in [3.63, 3.8) is 0 Å². The fourth-order valence-electron chi connectivity index (χ4n) is 2.09. The Bertz CT molecular complexity index is 826. The molecule has 0 saturated heterocycles. The maximum absolute atomic E-state index is 12.0. The van der Waals surface area contributed by atoms with Crippen LogP contribution < -0.4 is 9.62 Å². The summed E-state index contributed by atoms with van der Waals surface area (Å²) in [6.07, 6.45) is 4.14. The van der Waals surface area contributed by atoms with Crippen LogP contribution in [0, 0.1) is 6.92 Å². The molecule has 128 valence electrons. The van der Waals surface area contributed by atoms with Crippen LogP contribution in [-0.4, -0.2) is 38.7 Å². The lowest BCUT2D eigenvalue weighted by Gasteiger charge is -2.23. The molecule has 0 aliphatic heterocycles. The van der Waals surface area contributed by atoms with E-state index in [9.17, 15) is 13.2 Å². The normalized spacial score (nSPS) is 11.1. The average Bonchev–Trinajstić information content (AvgIpc) is 2.54. The van der Waals surface area contributed by atoms with E-state index in [-0.39, 0.29) is 19.0 Å². The molecule has 0 unspecified atom stereocenters. The Labute approximate surface area is 146 Å². The van der Waals surface area contributed by atoms with Gasteiger partial charge in [-0.05, 0) is 36.8 Å². The van der Waals surface area contributed by atoms with Crippen LogP contribution in [0.1, 0.15) is 15.9 Å². The second-order valence-corrected chi connectivity index (χ2v) is 7.58. The smallest absolute Gasteiger partial charge is 0.252 e. The summed E-state index contributed by atoms with van der Waals surface area (Å²) in [7, 11) is -3.50. The van der Waals surface area contributed by atoms with Crippen molar-refractivity contribution >= 4 is 33.2 Å². The zero-order valence-electron chi connectivity index (χ0n) is 13.4. The Morgan fingerprint density at radius 2 is 2.08 bits per heavy atom. The third kappa shape index (κ3) is 4.69. The molecule has 1 aromatic heterocycles. The minimum Gasteiger partial charge on any atom is -0.350 e. The first-order valence-corrected chi connectivity index (χ1v) is 9.44. The maximum Gasteiger partial charge on any atom is 0.252 e. The van der Waals surface area contributed by atoms with Crippen molar-refractivity contribution < 1.29 is 13.2 Å². The van der Waals surface area contributed by atoms with Gasteiger partial charge in [0.15, 0.2) is 0 Å². The Hall–Kier alpha value is -2.12. The van der Waals surface area contributed by atoms with Crippen LogP contribution in [0.4, 0.5) is 5.69 Å². The van der Waals surface area contributed by atoms with E-state index in [4.69, 9.17) is 11.6 Å². The summed E-state index contributed by atoms with van der Waals surface area (Å²) < 4.78 is 25.3. The van der Waals surface area contributed by atoms with E-state index in [1.54, 1.807) is 36.5 Å². The highest BCUT2D eigenvalue weighted by atomic mass is 35.5. The number of aromatic nitrogens is 1. The van der Waals surface area contributed by atoms with Crippen LogP contribution in [0.2, 0.25) is 5.02 Å². The Morgan fingerprint density at radius 3 is 2.67 bits per heavy atom. The summed E-state index contributed by atoms with van der Waals surface area (Å²) in [5.74, 6) is -0.307. The number of carbonyl (C=O) groups is 1. The number of sulfonamides is 1. The summed E-state index contributed by atoms with van der Waals surface area (Å²) >= 11 is 6.07. The molecule has 24 heavy (non-hydrogen) atoms. The first kappa shape index (κ1) is 18.2. The van der Waals surface area contributed by atoms with E-state index in [1.807, 2.05) is 6.92 Å². The monoisotopic (exact) mass is 367 g/mol. The lowest BCUT2D eigenvalue weighted by Crippen LogP contribution is -2.38. The molecule has 0 aliphatic carbocycles. The van der Waals surface area contributed by atoms with E-state index < -0.39 is 10.0 Å². The molecule has 0 bridgehead atoms. The van der Waals surface area contributed by atoms with Gasteiger partial charge in [-0.25, -0.2) is 8.42 Å². The molecule has 0 aliphatic rings. The number of pyridine rings is 1. The number of carbonyl (C=O) groups excluding carboxylic acids is 1. The van der Waals surface area contributed by atoms with Gasteiger partial charge in [-0.3, -0.25) is 14.1 Å². The molecular weight excluding hydrogens is 350 g/mol. The van der Waals surface area contributed by atoms with Crippen molar-refractivity contribution in [2.45, 2.75) is 6.92 Å². The zero-order valence-corrected chi connectivity index (χ0v) is 14.9. The summed E-state index contributed by atoms with van der Waals surface area (Å²) in [5.41, 5.74) is 1.74. The van der Waals surface area contributed by atoms with E-state index in [0.717, 1.165) is 11.8 Å². The van der Waals surface area contributed by atoms with E-state index in [1.165, 1.54) is 10.5 Å². The summed E-state index contributed by atoms with van der Waals surface area (Å²) in [5, 5.41) is 3.17. The van der Waals surface area contributed by atoms with Gasteiger partial charge in [0.05, 0.1) is 24.1 Å². The van der Waals surface area contributed by atoms with Crippen LogP contribution in [-0.2, 0) is 10.0 Å². The number of anilines is 1. The third-order valence-corrected chi connectivity index (χ3v) is 4.97.